The molecule has 0 heterocycles. The number of hydrogen-bond acceptors (Lipinski definition) is 3. The number of rotatable bonds is 2. The lowest BCUT2D eigenvalue weighted by molar-refractivity contribution is -0.274. The number of carbonyl (C=O) groups is 1. The van der Waals surface area contributed by atoms with Crippen LogP contribution in [-0.4, -0.2) is 12.5 Å². The van der Waals surface area contributed by atoms with Gasteiger partial charge in [-0.2, -0.15) is 0 Å². The van der Waals surface area contributed by atoms with Crippen LogP contribution in [0.2, 0.25) is 0 Å². The van der Waals surface area contributed by atoms with Gasteiger partial charge in [0, 0.05) is 6.07 Å². The number of nitrogens with two attached hydrogens (primary N) is 1. The summed E-state index contributed by atoms with van der Waals surface area (Å²) in [4.78, 5) is 10.3. The quantitative estimate of drug-likeness (QED) is 0.804. The van der Waals surface area contributed by atoms with Gasteiger partial charge < -0.3 is 15.2 Å². The fourth-order valence-corrected chi connectivity index (χ4v) is 0.867. The second-order valence-corrected chi connectivity index (χ2v) is 2.56. The Kier molecular flexibility index (Phi) is 3.21. The van der Waals surface area contributed by atoms with Crippen molar-refractivity contribution in [2.75, 3.05) is 0 Å². The van der Waals surface area contributed by atoms with Crippen molar-refractivity contribution in [3.05, 3.63) is 24.0 Å². The van der Waals surface area contributed by atoms with E-state index >= 15 is 0 Å². The third-order valence-corrected chi connectivity index (χ3v) is 1.35. The van der Waals surface area contributed by atoms with Crippen molar-refractivity contribution in [2.24, 2.45) is 5.73 Å². The van der Waals surface area contributed by atoms with Crippen LogP contribution in [0, 0.1) is 5.82 Å². The molecule has 0 fully saturated rings. The van der Waals surface area contributed by atoms with E-state index in [1.165, 1.54) is 0 Å². The molecule has 0 saturated heterocycles. The van der Waals surface area contributed by atoms with E-state index in [1.807, 2.05) is 0 Å². The Labute approximate surface area is 86.6 Å². The van der Waals surface area contributed by atoms with Gasteiger partial charge in [0.15, 0.2) is 11.6 Å². The second kappa shape index (κ2) is 4.25. The van der Waals surface area contributed by atoms with E-state index in [1.54, 1.807) is 0 Å². The lowest BCUT2D eigenvalue weighted by Gasteiger charge is -2.10. The van der Waals surface area contributed by atoms with Crippen molar-refractivity contribution in [1.29, 1.82) is 0 Å². The van der Waals surface area contributed by atoms with E-state index < -0.39 is 29.8 Å². The largest absolute Gasteiger partial charge is 0.573 e. The van der Waals surface area contributed by atoms with Gasteiger partial charge >= 0.3 is 12.5 Å². The highest BCUT2D eigenvalue weighted by Gasteiger charge is 2.31. The van der Waals surface area contributed by atoms with E-state index in [4.69, 9.17) is 0 Å². The third-order valence-electron chi connectivity index (χ3n) is 1.35. The Morgan fingerprint density at radius 3 is 2.44 bits per heavy atom. The van der Waals surface area contributed by atoms with E-state index in [9.17, 15) is 22.4 Å². The number of benzene rings is 1. The van der Waals surface area contributed by atoms with Crippen molar-refractivity contribution in [1.82, 2.24) is 0 Å². The summed E-state index contributed by atoms with van der Waals surface area (Å²) in [6, 6.07) is 1.95. The maximum absolute atomic E-state index is 12.9. The molecule has 4 nitrogen and oxygen atoms in total. The van der Waals surface area contributed by atoms with Crippen molar-refractivity contribution < 1.29 is 31.8 Å². The van der Waals surface area contributed by atoms with Crippen molar-refractivity contribution in [2.45, 2.75) is 6.36 Å². The Morgan fingerprint density at radius 1 is 1.31 bits per heavy atom. The highest BCUT2D eigenvalue weighted by atomic mass is 19.4. The van der Waals surface area contributed by atoms with E-state index in [0.717, 1.165) is 6.07 Å². The van der Waals surface area contributed by atoms with Crippen LogP contribution in [0.3, 0.4) is 0 Å². The second-order valence-electron chi connectivity index (χ2n) is 2.56. The first-order chi connectivity index (χ1) is 7.28. The molecule has 0 aliphatic heterocycles. The summed E-state index contributed by atoms with van der Waals surface area (Å²) >= 11 is 0. The molecule has 0 saturated carbocycles. The zero-order chi connectivity index (χ0) is 12.3. The minimum atomic E-state index is -4.91. The smallest absolute Gasteiger partial charge is 0.407 e. The summed E-state index contributed by atoms with van der Waals surface area (Å²) in [5.41, 5.74) is 4.58. The normalized spacial score (nSPS) is 11.0. The fraction of sp³-hybridized carbons (Fsp3) is 0.125. The molecule has 1 rings (SSSR count). The summed E-state index contributed by atoms with van der Waals surface area (Å²) in [6.07, 6.45) is -6.26. The van der Waals surface area contributed by atoms with E-state index in [0.29, 0.717) is 12.1 Å². The predicted molar refractivity (Wildman–Crippen MR) is 43.3 cm³/mol. The Bertz CT molecular complexity index is 405. The Hall–Kier alpha value is -1.99. The molecule has 0 spiro atoms. The van der Waals surface area contributed by atoms with Crippen LogP contribution in [0.5, 0.6) is 11.5 Å². The molecule has 88 valence electrons. The summed E-state index contributed by atoms with van der Waals surface area (Å²) in [5.74, 6) is -2.49. The van der Waals surface area contributed by atoms with Crippen molar-refractivity contribution >= 4 is 6.09 Å². The van der Waals surface area contributed by atoms with Crippen molar-refractivity contribution in [3.8, 4) is 11.5 Å². The van der Waals surface area contributed by atoms with Crippen LogP contribution >= 0.6 is 0 Å². The van der Waals surface area contributed by atoms with Crippen LogP contribution in [0.15, 0.2) is 18.2 Å². The highest BCUT2D eigenvalue weighted by molar-refractivity contribution is 5.68. The minimum absolute atomic E-state index is 0.563. The van der Waals surface area contributed by atoms with Gasteiger partial charge in [-0.15, -0.1) is 13.2 Å². The SMILES string of the molecule is NC(=O)Oc1cc(OC(F)(F)F)ccc1F. The summed E-state index contributed by atoms with van der Waals surface area (Å²) in [7, 11) is 0. The summed E-state index contributed by atoms with van der Waals surface area (Å²) in [6.45, 7) is 0. The van der Waals surface area contributed by atoms with Gasteiger partial charge in [0.2, 0.25) is 0 Å². The lowest BCUT2D eigenvalue weighted by atomic mass is 10.3. The molecule has 16 heavy (non-hydrogen) atoms. The number of alkyl halides is 3. The van der Waals surface area contributed by atoms with Gasteiger partial charge in [0.25, 0.3) is 0 Å². The minimum Gasteiger partial charge on any atom is -0.407 e. The summed E-state index contributed by atoms with van der Waals surface area (Å²) < 4.78 is 55.9. The van der Waals surface area contributed by atoms with Crippen LogP contribution in [-0.2, 0) is 0 Å². The highest BCUT2D eigenvalue weighted by Crippen LogP contribution is 2.28. The average molecular weight is 239 g/mol. The van der Waals surface area contributed by atoms with Gasteiger partial charge in [0.1, 0.15) is 5.75 Å². The molecule has 0 radical (unpaired) electrons. The molecule has 2 N–H and O–H groups in total. The zero-order valence-electron chi connectivity index (χ0n) is 7.55. The fourth-order valence-electron chi connectivity index (χ4n) is 0.867. The van der Waals surface area contributed by atoms with Crippen LogP contribution in [0.1, 0.15) is 0 Å². The third kappa shape index (κ3) is 3.64. The molecule has 1 aromatic carbocycles. The molecule has 0 bridgehead atoms. The monoisotopic (exact) mass is 239 g/mol. The summed E-state index contributed by atoms with van der Waals surface area (Å²) in [5, 5.41) is 0. The number of halogens is 4. The van der Waals surface area contributed by atoms with E-state index in [2.05, 4.69) is 15.2 Å². The zero-order valence-corrected chi connectivity index (χ0v) is 7.55. The first kappa shape index (κ1) is 12.1. The number of amides is 1. The first-order valence-electron chi connectivity index (χ1n) is 3.80. The van der Waals surface area contributed by atoms with E-state index in [-0.39, 0.29) is 0 Å². The molecule has 0 aromatic heterocycles. The maximum Gasteiger partial charge on any atom is 0.573 e. The molecule has 1 aromatic rings. The molecule has 0 aliphatic carbocycles. The number of ether oxygens (including phenoxy) is 2. The number of primary amides is 1. The molecule has 0 atom stereocenters. The van der Waals surface area contributed by atoms with Gasteiger partial charge in [-0.3, -0.25) is 0 Å². The number of carbonyl (C=O) groups excluding carboxylic acids is 1. The molecular formula is C8H5F4NO3. The predicted octanol–water partition coefficient (Wildman–Crippen LogP) is 2.18. The van der Waals surface area contributed by atoms with Crippen LogP contribution < -0.4 is 15.2 Å². The van der Waals surface area contributed by atoms with Gasteiger partial charge in [-0.05, 0) is 12.1 Å². The molecular weight excluding hydrogens is 234 g/mol. The first-order valence-corrected chi connectivity index (χ1v) is 3.80. The molecule has 0 unspecified atom stereocenters. The maximum atomic E-state index is 12.9. The van der Waals surface area contributed by atoms with Crippen molar-refractivity contribution in [3.63, 3.8) is 0 Å². The van der Waals surface area contributed by atoms with Gasteiger partial charge in [-0.1, -0.05) is 0 Å². The molecule has 1 amide bonds. The van der Waals surface area contributed by atoms with Gasteiger partial charge in [-0.25, -0.2) is 9.18 Å². The van der Waals surface area contributed by atoms with Crippen LogP contribution in [0.4, 0.5) is 22.4 Å². The van der Waals surface area contributed by atoms with Crippen LogP contribution in [0.25, 0.3) is 0 Å². The standard InChI is InChI=1S/C8H5F4NO3/c9-5-2-1-4(16-8(10,11)12)3-6(5)15-7(13)14/h1-3H,(H2,13,14). The number of hydrogen-bond donors (Lipinski definition) is 1. The molecule has 0 aliphatic rings. The topological polar surface area (TPSA) is 61.6 Å². The Morgan fingerprint density at radius 2 is 1.94 bits per heavy atom. The van der Waals surface area contributed by atoms with Gasteiger partial charge in [0.05, 0.1) is 0 Å². The average Bonchev–Trinajstić information content (AvgIpc) is 2.07. The lowest BCUT2D eigenvalue weighted by Crippen LogP contribution is -2.19. The Balaban J connectivity index is 2.93. The molecule has 8 heteroatoms.